The van der Waals surface area contributed by atoms with Crippen molar-refractivity contribution >= 4 is 5.97 Å². The van der Waals surface area contributed by atoms with Crippen LogP contribution in [0.4, 0.5) is 8.78 Å². The zero-order valence-electron chi connectivity index (χ0n) is 8.00. The monoisotopic (exact) mass is 216 g/mol. The van der Waals surface area contributed by atoms with Crippen LogP contribution in [0.25, 0.3) is 0 Å². The maximum atomic E-state index is 12.4. The van der Waals surface area contributed by atoms with E-state index < -0.39 is 18.1 Å². The molecule has 0 aliphatic rings. The van der Waals surface area contributed by atoms with E-state index in [4.69, 9.17) is 10.8 Å². The number of rotatable bonds is 3. The number of pyridine rings is 1. The van der Waals surface area contributed by atoms with E-state index in [0.29, 0.717) is 11.1 Å². The average molecular weight is 216 g/mol. The largest absolute Gasteiger partial charge is 0.477 e. The molecule has 0 saturated carbocycles. The first-order valence-electron chi connectivity index (χ1n) is 4.19. The van der Waals surface area contributed by atoms with Gasteiger partial charge in [-0.05, 0) is 24.1 Å². The standard InChI is InChI=1S/C9H10F2N2O2/c1-4-5(3-12)2-6(8(10)11)13-7(4)9(14)15/h2,8H,3,12H2,1H3,(H,14,15). The Morgan fingerprint density at radius 3 is 2.67 bits per heavy atom. The number of aromatic carboxylic acids is 1. The summed E-state index contributed by atoms with van der Waals surface area (Å²) in [5.41, 5.74) is 5.10. The Balaban J connectivity index is 3.38. The second-order valence-corrected chi connectivity index (χ2v) is 2.99. The molecular weight excluding hydrogens is 206 g/mol. The summed E-state index contributed by atoms with van der Waals surface area (Å²) < 4.78 is 24.7. The number of carboxylic acid groups (broad SMARTS) is 1. The second kappa shape index (κ2) is 4.31. The molecule has 15 heavy (non-hydrogen) atoms. The number of halogens is 2. The quantitative estimate of drug-likeness (QED) is 0.802. The van der Waals surface area contributed by atoms with Crippen molar-refractivity contribution in [1.82, 2.24) is 4.98 Å². The SMILES string of the molecule is Cc1c(CN)cc(C(F)F)nc1C(=O)O. The molecule has 0 atom stereocenters. The fourth-order valence-electron chi connectivity index (χ4n) is 1.22. The van der Waals surface area contributed by atoms with Gasteiger partial charge in [-0.1, -0.05) is 0 Å². The highest BCUT2D eigenvalue weighted by Gasteiger charge is 2.18. The summed E-state index contributed by atoms with van der Waals surface area (Å²) in [7, 11) is 0. The Kier molecular flexibility index (Phi) is 3.31. The van der Waals surface area contributed by atoms with Crippen molar-refractivity contribution in [3.8, 4) is 0 Å². The van der Waals surface area contributed by atoms with E-state index in [9.17, 15) is 13.6 Å². The Hall–Kier alpha value is -1.56. The van der Waals surface area contributed by atoms with E-state index in [1.165, 1.54) is 6.92 Å². The predicted octanol–water partition coefficient (Wildman–Crippen LogP) is 1.48. The summed E-state index contributed by atoms with van der Waals surface area (Å²) in [6.45, 7) is 1.50. The molecule has 1 rings (SSSR count). The highest BCUT2D eigenvalue weighted by atomic mass is 19.3. The van der Waals surface area contributed by atoms with E-state index in [-0.39, 0.29) is 12.2 Å². The maximum Gasteiger partial charge on any atom is 0.354 e. The molecule has 0 saturated heterocycles. The first kappa shape index (κ1) is 11.5. The number of aromatic nitrogens is 1. The molecule has 0 aliphatic heterocycles. The fourth-order valence-corrected chi connectivity index (χ4v) is 1.22. The zero-order chi connectivity index (χ0) is 11.6. The molecule has 1 aromatic rings. The molecule has 6 heteroatoms. The van der Waals surface area contributed by atoms with Gasteiger partial charge in [-0.25, -0.2) is 18.6 Å². The summed E-state index contributed by atoms with van der Waals surface area (Å²) in [4.78, 5) is 14.1. The van der Waals surface area contributed by atoms with E-state index in [2.05, 4.69) is 4.98 Å². The van der Waals surface area contributed by atoms with Gasteiger partial charge in [0.2, 0.25) is 0 Å². The van der Waals surface area contributed by atoms with Crippen LogP contribution in [-0.2, 0) is 6.54 Å². The number of carboxylic acids is 1. The molecule has 0 radical (unpaired) electrons. The van der Waals surface area contributed by atoms with Gasteiger partial charge < -0.3 is 10.8 Å². The Bertz CT molecular complexity index is 394. The molecular formula is C9H10F2N2O2. The molecule has 82 valence electrons. The number of hydrogen-bond acceptors (Lipinski definition) is 3. The third-order valence-corrected chi connectivity index (χ3v) is 2.05. The molecule has 0 spiro atoms. The number of hydrogen-bond donors (Lipinski definition) is 2. The lowest BCUT2D eigenvalue weighted by atomic mass is 10.1. The van der Waals surface area contributed by atoms with Crippen LogP contribution in [0, 0.1) is 6.92 Å². The van der Waals surface area contributed by atoms with Gasteiger partial charge in [-0.3, -0.25) is 0 Å². The first-order chi connectivity index (χ1) is 6.97. The molecule has 0 aliphatic carbocycles. The van der Waals surface area contributed by atoms with E-state index in [1.807, 2.05) is 0 Å². The minimum absolute atomic E-state index is 0.00829. The second-order valence-electron chi connectivity index (χ2n) is 2.99. The summed E-state index contributed by atoms with van der Waals surface area (Å²) in [6, 6.07) is 1.13. The summed E-state index contributed by atoms with van der Waals surface area (Å²) in [5, 5.41) is 8.74. The highest BCUT2D eigenvalue weighted by Crippen LogP contribution is 2.21. The van der Waals surface area contributed by atoms with Crippen LogP contribution in [0.5, 0.6) is 0 Å². The number of nitrogens with two attached hydrogens (primary N) is 1. The normalized spacial score (nSPS) is 10.7. The lowest BCUT2D eigenvalue weighted by Gasteiger charge is -2.09. The van der Waals surface area contributed by atoms with Gasteiger partial charge in [-0.2, -0.15) is 0 Å². The number of carbonyl (C=O) groups is 1. The molecule has 0 fully saturated rings. The Morgan fingerprint density at radius 1 is 1.67 bits per heavy atom. The molecule has 0 unspecified atom stereocenters. The summed E-state index contributed by atoms with van der Waals surface area (Å²) in [5.74, 6) is -1.33. The van der Waals surface area contributed by atoms with Gasteiger partial charge in [0.15, 0.2) is 5.69 Å². The van der Waals surface area contributed by atoms with Crippen LogP contribution in [0.2, 0.25) is 0 Å². The predicted molar refractivity (Wildman–Crippen MR) is 48.8 cm³/mol. The van der Waals surface area contributed by atoms with Gasteiger partial charge in [0.1, 0.15) is 5.69 Å². The van der Waals surface area contributed by atoms with Gasteiger partial charge in [0, 0.05) is 6.54 Å². The summed E-state index contributed by atoms with van der Waals surface area (Å²) in [6.07, 6.45) is -2.80. The van der Waals surface area contributed by atoms with Crippen molar-refractivity contribution in [2.24, 2.45) is 5.73 Å². The van der Waals surface area contributed by atoms with Crippen LogP contribution in [-0.4, -0.2) is 16.1 Å². The third kappa shape index (κ3) is 2.27. The summed E-state index contributed by atoms with van der Waals surface area (Å²) >= 11 is 0. The lowest BCUT2D eigenvalue weighted by Crippen LogP contribution is -2.11. The minimum atomic E-state index is -2.80. The molecule has 1 heterocycles. The van der Waals surface area contributed by atoms with Crippen molar-refractivity contribution in [3.05, 3.63) is 28.6 Å². The highest BCUT2D eigenvalue weighted by molar-refractivity contribution is 5.87. The van der Waals surface area contributed by atoms with Crippen molar-refractivity contribution in [3.63, 3.8) is 0 Å². The average Bonchev–Trinajstić information content (AvgIpc) is 2.17. The number of alkyl halides is 2. The Labute approximate surface area is 84.7 Å². The van der Waals surface area contributed by atoms with Gasteiger partial charge in [-0.15, -0.1) is 0 Å². The molecule has 0 amide bonds. The van der Waals surface area contributed by atoms with Crippen LogP contribution in [0.15, 0.2) is 6.07 Å². The van der Waals surface area contributed by atoms with Gasteiger partial charge in [0.05, 0.1) is 0 Å². The number of nitrogens with zero attached hydrogens (tertiary/aromatic N) is 1. The first-order valence-corrected chi connectivity index (χ1v) is 4.19. The Morgan fingerprint density at radius 2 is 2.27 bits per heavy atom. The maximum absolute atomic E-state index is 12.4. The molecule has 1 aromatic heterocycles. The van der Waals surface area contributed by atoms with Crippen molar-refractivity contribution in [2.75, 3.05) is 0 Å². The molecule has 3 N–H and O–H groups in total. The van der Waals surface area contributed by atoms with E-state index >= 15 is 0 Å². The zero-order valence-corrected chi connectivity index (χ0v) is 8.00. The van der Waals surface area contributed by atoms with Crippen LogP contribution >= 0.6 is 0 Å². The van der Waals surface area contributed by atoms with E-state index in [1.54, 1.807) is 0 Å². The molecule has 4 nitrogen and oxygen atoms in total. The fraction of sp³-hybridized carbons (Fsp3) is 0.333. The van der Waals surface area contributed by atoms with Gasteiger partial charge in [0.25, 0.3) is 6.43 Å². The van der Waals surface area contributed by atoms with Crippen LogP contribution < -0.4 is 5.73 Å². The van der Waals surface area contributed by atoms with Crippen molar-refractivity contribution < 1.29 is 18.7 Å². The van der Waals surface area contributed by atoms with Gasteiger partial charge >= 0.3 is 5.97 Å². The topological polar surface area (TPSA) is 76.2 Å². The minimum Gasteiger partial charge on any atom is -0.477 e. The molecule has 0 bridgehead atoms. The van der Waals surface area contributed by atoms with Crippen LogP contribution in [0.3, 0.4) is 0 Å². The van der Waals surface area contributed by atoms with Crippen molar-refractivity contribution in [2.45, 2.75) is 19.9 Å². The molecule has 0 aromatic carbocycles. The van der Waals surface area contributed by atoms with Crippen molar-refractivity contribution in [1.29, 1.82) is 0 Å². The lowest BCUT2D eigenvalue weighted by molar-refractivity contribution is 0.0687. The smallest absolute Gasteiger partial charge is 0.354 e. The van der Waals surface area contributed by atoms with E-state index in [0.717, 1.165) is 6.07 Å². The third-order valence-electron chi connectivity index (χ3n) is 2.05. The van der Waals surface area contributed by atoms with Crippen LogP contribution in [0.1, 0.15) is 33.7 Å².